The molecule has 0 amide bonds. The van der Waals surface area contributed by atoms with Gasteiger partial charge in [0.15, 0.2) is 0 Å². The molecule has 0 atom stereocenters. The molecule has 0 aromatic heterocycles. The smallest absolute Gasteiger partial charge is 0.0428 e. The van der Waals surface area contributed by atoms with Gasteiger partial charge in [0.25, 0.3) is 0 Å². The largest absolute Gasteiger partial charge is 0.396 e. The molecule has 0 radical (unpaired) electrons. The third kappa shape index (κ3) is 56.5. The van der Waals surface area contributed by atoms with Crippen molar-refractivity contribution < 1.29 is 29.7 Å². The van der Waals surface area contributed by atoms with Gasteiger partial charge < -0.3 is 10.2 Å². The van der Waals surface area contributed by atoms with Crippen molar-refractivity contribution in [1.82, 2.24) is 0 Å². The summed E-state index contributed by atoms with van der Waals surface area (Å²) < 4.78 is 0. The first-order chi connectivity index (χ1) is 3.83. The average Bonchev–Trinajstić information content (AvgIpc) is 1.88. The van der Waals surface area contributed by atoms with Crippen LogP contribution < -0.4 is 0 Å². The molecule has 0 aliphatic carbocycles. The maximum Gasteiger partial charge on any atom is 0.0428 e. The van der Waals surface area contributed by atoms with E-state index < -0.39 is 0 Å². The van der Waals surface area contributed by atoms with E-state index in [1.807, 2.05) is 13.8 Å². The van der Waals surface area contributed by atoms with Gasteiger partial charge in [-0.25, -0.2) is 0 Å². The molecule has 0 spiro atoms. The monoisotopic (exact) mass is 222 g/mol. The van der Waals surface area contributed by atoms with Crippen molar-refractivity contribution >= 4 is 0 Å². The van der Waals surface area contributed by atoms with Crippen LogP contribution in [-0.4, -0.2) is 23.4 Å². The fraction of sp³-hybridized carbons (Fsp3) is 1.00. The summed E-state index contributed by atoms with van der Waals surface area (Å²) in [5.74, 6) is 0. The zero-order valence-electron chi connectivity index (χ0n) is 6.08. The molecular weight excluding hydrogens is 205 g/mol. The van der Waals surface area contributed by atoms with Gasteiger partial charge in [-0.1, -0.05) is 13.8 Å². The molecule has 2 nitrogen and oxygen atoms in total. The van der Waals surface area contributed by atoms with Gasteiger partial charge in [0.1, 0.15) is 0 Å². The number of aliphatic hydroxyl groups excluding tert-OH is 2. The Hall–Kier alpha value is 0.543. The predicted molar refractivity (Wildman–Crippen MR) is 34.8 cm³/mol. The first kappa shape index (κ1) is 16.3. The molecule has 0 rings (SSSR count). The SMILES string of the molecule is CCCO.CCCO.[Ru]. The van der Waals surface area contributed by atoms with Crippen molar-refractivity contribution in [2.24, 2.45) is 0 Å². The van der Waals surface area contributed by atoms with E-state index in [9.17, 15) is 0 Å². The number of hydrogen-bond donors (Lipinski definition) is 2. The van der Waals surface area contributed by atoms with Gasteiger partial charge in [0.2, 0.25) is 0 Å². The molecule has 0 aliphatic rings. The molecule has 0 bridgehead atoms. The Morgan fingerprint density at radius 3 is 1.00 bits per heavy atom. The predicted octanol–water partition coefficient (Wildman–Crippen LogP) is 0.775. The number of rotatable bonds is 2. The maximum atomic E-state index is 7.88. The summed E-state index contributed by atoms with van der Waals surface area (Å²) in [5.41, 5.74) is 0. The minimum Gasteiger partial charge on any atom is -0.396 e. The Bertz CT molecular complexity index is 19.0. The minimum atomic E-state index is 0. The van der Waals surface area contributed by atoms with E-state index in [1.165, 1.54) is 0 Å². The van der Waals surface area contributed by atoms with Crippen LogP contribution in [-0.2, 0) is 19.5 Å². The van der Waals surface area contributed by atoms with Gasteiger partial charge in [0, 0.05) is 32.7 Å². The van der Waals surface area contributed by atoms with Gasteiger partial charge in [-0.3, -0.25) is 0 Å². The molecule has 0 saturated carbocycles. The van der Waals surface area contributed by atoms with Crippen molar-refractivity contribution in [2.75, 3.05) is 13.2 Å². The standard InChI is InChI=1S/2C3H8O.Ru/c2*1-2-3-4;/h2*4H,2-3H2,1H3;. The second-order valence-electron chi connectivity index (χ2n) is 1.45. The van der Waals surface area contributed by atoms with E-state index in [0.717, 1.165) is 12.8 Å². The third-order valence-corrected chi connectivity index (χ3v) is 0.447. The molecule has 9 heavy (non-hydrogen) atoms. The number of aliphatic hydroxyl groups is 2. The van der Waals surface area contributed by atoms with E-state index >= 15 is 0 Å². The second kappa shape index (κ2) is 23.6. The Kier molecular flexibility index (Phi) is 42.6. The van der Waals surface area contributed by atoms with Crippen LogP contribution in [0.1, 0.15) is 26.7 Å². The summed E-state index contributed by atoms with van der Waals surface area (Å²) in [6, 6.07) is 0. The van der Waals surface area contributed by atoms with E-state index in [1.54, 1.807) is 0 Å². The van der Waals surface area contributed by atoms with E-state index in [-0.39, 0.29) is 19.5 Å². The maximum absolute atomic E-state index is 7.88. The molecule has 0 heterocycles. The first-order valence-electron chi connectivity index (χ1n) is 3.05. The van der Waals surface area contributed by atoms with Gasteiger partial charge in [-0.05, 0) is 12.8 Å². The summed E-state index contributed by atoms with van der Waals surface area (Å²) >= 11 is 0. The van der Waals surface area contributed by atoms with E-state index in [0.29, 0.717) is 13.2 Å². The first-order valence-corrected chi connectivity index (χ1v) is 3.05. The quantitative estimate of drug-likeness (QED) is 0.676. The van der Waals surface area contributed by atoms with Crippen LogP contribution in [0.4, 0.5) is 0 Å². The zero-order chi connectivity index (χ0) is 6.83. The van der Waals surface area contributed by atoms with Gasteiger partial charge in [-0.15, -0.1) is 0 Å². The topological polar surface area (TPSA) is 40.5 Å². The number of hydrogen-bond acceptors (Lipinski definition) is 2. The molecule has 0 saturated heterocycles. The van der Waals surface area contributed by atoms with Crippen molar-refractivity contribution in [3.05, 3.63) is 0 Å². The second-order valence-corrected chi connectivity index (χ2v) is 1.45. The van der Waals surface area contributed by atoms with Crippen LogP contribution in [0.5, 0.6) is 0 Å². The summed E-state index contributed by atoms with van der Waals surface area (Å²) in [6.07, 6.45) is 1.75. The minimum absolute atomic E-state index is 0. The van der Waals surface area contributed by atoms with Crippen LogP contribution in [0.2, 0.25) is 0 Å². The van der Waals surface area contributed by atoms with Gasteiger partial charge in [0.05, 0.1) is 0 Å². The fourth-order valence-corrected chi connectivity index (χ4v) is 0. The molecule has 60 valence electrons. The van der Waals surface area contributed by atoms with Gasteiger partial charge in [-0.2, -0.15) is 0 Å². The Labute approximate surface area is 70.0 Å². The van der Waals surface area contributed by atoms with Gasteiger partial charge >= 0.3 is 0 Å². The molecule has 0 unspecified atom stereocenters. The van der Waals surface area contributed by atoms with Crippen molar-refractivity contribution in [3.8, 4) is 0 Å². The molecule has 0 aliphatic heterocycles. The van der Waals surface area contributed by atoms with Crippen LogP contribution in [0.15, 0.2) is 0 Å². The van der Waals surface area contributed by atoms with Crippen molar-refractivity contribution in [1.29, 1.82) is 0 Å². The van der Waals surface area contributed by atoms with E-state index in [2.05, 4.69) is 0 Å². The molecule has 3 heteroatoms. The Morgan fingerprint density at radius 2 is 1.00 bits per heavy atom. The average molecular weight is 221 g/mol. The molecule has 2 N–H and O–H groups in total. The van der Waals surface area contributed by atoms with Crippen molar-refractivity contribution in [3.63, 3.8) is 0 Å². The molecule has 0 fully saturated rings. The normalized spacial score (nSPS) is 6.67. The Morgan fingerprint density at radius 1 is 0.889 bits per heavy atom. The van der Waals surface area contributed by atoms with Crippen LogP contribution >= 0.6 is 0 Å². The molecule has 0 aromatic carbocycles. The summed E-state index contributed by atoms with van der Waals surface area (Å²) in [7, 11) is 0. The van der Waals surface area contributed by atoms with E-state index in [4.69, 9.17) is 10.2 Å². The summed E-state index contributed by atoms with van der Waals surface area (Å²) in [6.45, 7) is 4.50. The van der Waals surface area contributed by atoms with Crippen LogP contribution in [0.3, 0.4) is 0 Å². The summed E-state index contributed by atoms with van der Waals surface area (Å²) in [5, 5.41) is 15.8. The fourth-order valence-electron chi connectivity index (χ4n) is 0. The molecule has 0 aromatic rings. The summed E-state index contributed by atoms with van der Waals surface area (Å²) in [4.78, 5) is 0. The van der Waals surface area contributed by atoms with Crippen molar-refractivity contribution in [2.45, 2.75) is 26.7 Å². The van der Waals surface area contributed by atoms with Crippen LogP contribution in [0, 0.1) is 0 Å². The Balaban J connectivity index is -0.0000000720. The molecular formula is C6H16O2Ru. The third-order valence-electron chi connectivity index (χ3n) is 0.447. The van der Waals surface area contributed by atoms with Crippen LogP contribution in [0.25, 0.3) is 0 Å². The zero-order valence-corrected chi connectivity index (χ0v) is 7.81.